The molecule has 4 rings (SSSR count). The smallest absolute Gasteiger partial charge is 0.355 e. The number of halogens is 3. The third-order valence-electron chi connectivity index (χ3n) is 4.42. The summed E-state index contributed by atoms with van der Waals surface area (Å²) < 4.78 is 64.3. The summed E-state index contributed by atoms with van der Waals surface area (Å²) in [4.78, 5) is 31.5. The highest BCUT2D eigenvalue weighted by molar-refractivity contribution is 7.91. The van der Waals surface area contributed by atoms with Crippen LogP contribution in [0.5, 0.6) is 0 Å². The number of sulfonamides is 1. The van der Waals surface area contributed by atoms with E-state index >= 15 is 0 Å². The van der Waals surface area contributed by atoms with Gasteiger partial charge in [0.1, 0.15) is 0 Å². The number of benzene rings is 2. The first-order valence-corrected chi connectivity index (χ1v) is 10.3. The van der Waals surface area contributed by atoms with Gasteiger partial charge in [0.15, 0.2) is 0 Å². The minimum atomic E-state index is -4.78. The monoisotopic (exact) mass is 438 g/mol. The molecular formula is C18H13F3N4O4S. The Balaban J connectivity index is 2.07. The van der Waals surface area contributed by atoms with Crippen molar-refractivity contribution in [2.24, 2.45) is 0 Å². The third kappa shape index (κ3) is 3.45. The molecule has 2 aromatic heterocycles. The lowest BCUT2D eigenvalue weighted by atomic mass is 10.0. The van der Waals surface area contributed by atoms with Gasteiger partial charge in [-0.05, 0) is 24.3 Å². The zero-order valence-corrected chi connectivity index (χ0v) is 16.0. The topological polar surface area (TPSA) is 117 Å². The second-order valence-electron chi connectivity index (χ2n) is 6.65. The van der Waals surface area contributed by atoms with Gasteiger partial charge >= 0.3 is 11.9 Å². The average molecular weight is 438 g/mol. The molecule has 0 fully saturated rings. The van der Waals surface area contributed by atoms with Gasteiger partial charge in [-0.1, -0.05) is 18.2 Å². The van der Waals surface area contributed by atoms with E-state index in [-0.39, 0.29) is 26.8 Å². The largest absolute Gasteiger partial charge is 0.417 e. The normalized spacial score (nSPS) is 12.5. The van der Waals surface area contributed by atoms with E-state index in [9.17, 15) is 31.2 Å². The minimum absolute atomic E-state index is 0.110. The fraction of sp³-hybridized carbons (Fsp3) is 0.111. The number of aromatic amines is 2. The molecule has 2 heterocycles. The number of aromatic nitrogens is 3. The summed E-state index contributed by atoms with van der Waals surface area (Å²) in [7, 11) is -4.00. The predicted octanol–water partition coefficient (Wildman–Crippen LogP) is 2.36. The Morgan fingerprint density at radius 1 is 1.00 bits per heavy atom. The summed E-state index contributed by atoms with van der Waals surface area (Å²) in [6.07, 6.45) is -4.05. The summed E-state index contributed by atoms with van der Waals surface area (Å²) in [6.45, 7) is 0. The van der Waals surface area contributed by atoms with E-state index in [1.807, 2.05) is 0 Å². The van der Waals surface area contributed by atoms with E-state index in [1.54, 1.807) is 29.1 Å². The lowest BCUT2D eigenvalue weighted by Crippen LogP contribution is -2.43. The number of alkyl halides is 3. The number of hydrogen-bond donors (Lipinski definition) is 3. The average Bonchev–Trinajstić information content (AvgIpc) is 3.07. The van der Waals surface area contributed by atoms with E-state index in [1.165, 1.54) is 6.07 Å². The van der Waals surface area contributed by atoms with Gasteiger partial charge in [-0.2, -0.15) is 17.8 Å². The van der Waals surface area contributed by atoms with E-state index in [4.69, 9.17) is 0 Å². The van der Waals surface area contributed by atoms with E-state index in [0.717, 1.165) is 12.3 Å². The van der Waals surface area contributed by atoms with Gasteiger partial charge in [-0.25, -0.2) is 18.0 Å². The van der Waals surface area contributed by atoms with Crippen molar-refractivity contribution >= 4 is 31.8 Å². The quantitative estimate of drug-likeness (QED) is 0.455. The molecule has 0 saturated heterocycles. The number of rotatable bonds is 3. The second kappa shape index (κ2) is 6.49. The first kappa shape index (κ1) is 19.8. The summed E-state index contributed by atoms with van der Waals surface area (Å²) in [5.41, 5.74) is -3.37. The van der Waals surface area contributed by atoms with Crippen molar-refractivity contribution in [2.75, 3.05) is 11.1 Å². The molecule has 156 valence electrons. The fourth-order valence-electron chi connectivity index (χ4n) is 3.19. The molecule has 0 spiro atoms. The maximum absolute atomic E-state index is 13.7. The molecule has 0 atom stereocenters. The Hall–Kier alpha value is -3.54. The van der Waals surface area contributed by atoms with Gasteiger partial charge in [-0.15, -0.1) is 0 Å². The van der Waals surface area contributed by atoms with Crippen molar-refractivity contribution in [3.8, 4) is 11.3 Å². The van der Waals surface area contributed by atoms with Crippen LogP contribution < -0.4 is 16.1 Å². The number of para-hydroxylation sites is 1. The summed E-state index contributed by atoms with van der Waals surface area (Å²) in [5.74, 6) is 0. The number of fused-ring (bicyclic) bond motifs is 2. The molecule has 0 saturated carbocycles. The van der Waals surface area contributed by atoms with Crippen LogP contribution >= 0.6 is 0 Å². The molecule has 0 unspecified atom stereocenters. The molecule has 0 radical (unpaired) electrons. The first-order valence-electron chi connectivity index (χ1n) is 8.40. The molecule has 8 nitrogen and oxygen atoms in total. The third-order valence-corrected chi connectivity index (χ3v) is 4.93. The highest BCUT2D eigenvalue weighted by atomic mass is 32.2. The summed E-state index contributed by atoms with van der Waals surface area (Å²) in [5, 5.41) is 0.366. The Morgan fingerprint density at radius 2 is 1.70 bits per heavy atom. The lowest BCUT2D eigenvalue weighted by Gasteiger charge is -2.14. The van der Waals surface area contributed by atoms with Crippen LogP contribution in [0.1, 0.15) is 5.56 Å². The SMILES string of the molecule is CS(=O)(=O)Nn1c(=O)[nH]c2cc(C(F)(F)F)c(-c3cc4ccccc4[nH]3)cc2c1=O. The number of nitrogens with one attached hydrogen (secondary N) is 3. The van der Waals surface area contributed by atoms with Crippen molar-refractivity contribution in [1.82, 2.24) is 14.6 Å². The molecule has 0 bridgehead atoms. The van der Waals surface area contributed by atoms with Crippen molar-refractivity contribution in [3.05, 3.63) is 68.9 Å². The Bertz CT molecular complexity index is 1500. The minimum Gasteiger partial charge on any atom is -0.355 e. The molecular weight excluding hydrogens is 425 g/mol. The number of H-pyrrole nitrogens is 2. The highest BCUT2D eigenvalue weighted by Crippen LogP contribution is 2.39. The van der Waals surface area contributed by atoms with Crippen LogP contribution in [-0.2, 0) is 16.2 Å². The zero-order chi connectivity index (χ0) is 21.8. The molecule has 2 aromatic carbocycles. The molecule has 0 amide bonds. The molecule has 0 aliphatic heterocycles. The number of nitrogens with zero attached hydrogens (tertiary/aromatic N) is 1. The van der Waals surface area contributed by atoms with Crippen LogP contribution in [0.3, 0.4) is 0 Å². The van der Waals surface area contributed by atoms with Crippen LogP contribution in [0.15, 0.2) is 52.1 Å². The molecule has 3 N–H and O–H groups in total. The molecule has 12 heteroatoms. The maximum Gasteiger partial charge on any atom is 0.417 e. The van der Waals surface area contributed by atoms with E-state index < -0.39 is 33.0 Å². The van der Waals surface area contributed by atoms with Gasteiger partial charge in [0.05, 0.1) is 22.7 Å². The van der Waals surface area contributed by atoms with E-state index in [2.05, 4.69) is 9.97 Å². The van der Waals surface area contributed by atoms with E-state index in [0.29, 0.717) is 17.0 Å². The van der Waals surface area contributed by atoms with Gasteiger partial charge in [-0.3, -0.25) is 4.79 Å². The maximum atomic E-state index is 13.7. The van der Waals surface area contributed by atoms with Crippen LogP contribution in [0.2, 0.25) is 0 Å². The highest BCUT2D eigenvalue weighted by Gasteiger charge is 2.35. The van der Waals surface area contributed by atoms with Gasteiger partial charge in [0.25, 0.3) is 5.56 Å². The Kier molecular flexibility index (Phi) is 4.27. The van der Waals surface area contributed by atoms with Crippen molar-refractivity contribution in [3.63, 3.8) is 0 Å². The van der Waals surface area contributed by atoms with Crippen molar-refractivity contribution in [2.45, 2.75) is 6.18 Å². The fourth-order valence-corrected chi connectivity index (χ4v) is 3.69. The summed E-state index contributed by atoms with van der Waals surface area (Å²) >= 11 is 0. The first-order chi connectivity index (χ1) is 13.9. The molecule has 0 aliphatic carbocycles. The standard InChI is InChI=1S/C18H13F3N4O4S/c1-30(28,29)24-25-16(26)11-7-10(14-6-9-4-2-3-5-13(9)22-14)12(18(19,20)21)8-15(11)23-17(25)27/h2-8,22,24H,1H3,(H,23,27). The van der Waals surface area contributed by atoms with Crippen LogP contribution in [0.4, 0.5) is 13.2 Å². The lowest BCUT2D eigenvalue weighted by molar-refractivity contribution is -0.137. The van der Waals surface area contributed by atoms with Crippen LogP contribution in [-0.4, -0.2) is 29.3 Å². The zero-order valence-electron chi connectivity index (χ0n) is 15.2. The molecule has 30 heavy (non-hydrogen) atoms. The second-order valence-corrected chi connectivity index (χ2v) is 8.37. The van der Waals surface area contributed by atoms with Crippen molar-refractivity contribution in [1.29, 1.82) is 0 Å². The van der Waals surface area contributed by atoms with Gasteiger partial charge in [0, 0.05) is 22.2 Å². The predicted molar refractivity (Wildman–Crippen MR) is 105 cm³/mol. The summed E-state index contributed by atoms with van der Waals surface area (Å²) in [6, 6.07) is 9.98. The Morgan fingerprint density at radius 3 is 2.33 bits per heavy atom. The van der Waals surface area contributed by atoms with Crippen LogP contribution in [0.25, 0.3) is 33.1 Å². The van der Waals surface area contributed by atoms with Gasteiger partial charge < -0.3 is 9.97 Å². The molecule has 0 aliphatic rings. The number of hydrogen-bond acceptors (Lipinski definition) is 4. The van der Waals surface area contributed by atoms with Gasteiger partial charge in [0.2, 0.25) is 10.0 Å². The Labute approximate surface area is 166 Å². The van der Waals surface area contributed by atoms with Crippen LogP contribution in [0, 0.1) is 0 Å². The molecule has 4 aromatic rings. The van der Waals surface area contributed by atoms with Crippen molar-refractivity contribution < 1.29 is 21.6 Å².